The number of nitrogens with one attached hydrogen (secondary N) is 1. The van der Waals surface area contributed by atoms with Gasteiger partial charge >= 0.3 is 0 Å². The van der Waals surface area contributed by atoms with Gasteiger partial charge in [0.1, 0.15) is 0 Å². The Bertz CT molecular complexity index is 531. The number of benzene rings is 1. The molecule has 0 fully saturated rings. The van der Waals surface area contributed by atoms with Gasteiger partial charge in [-0.25, -0.2) is 4.98 Å². The van der Waals surface area contributed by atoms with E-state index in [0.717, 1.165) is 23.9 Å². The summed E-state index contributed by atoms with van der Waals surface area (Å²) in [5, 5.41) is 6.61. The Morgan fingerprint density at radius 3 is 2.55 bits per heavy atom. The molecule has 3 nitrogen and oxygen atoms in total. The van der Waals surface area contributed by atoms with Gasteiger partial charge in [0.05, 0.1) is 5.69 Å². The molecule has 1 N–H and O–H groups in total. The fraction of sp³-hybridized carbons (Fsp3) is 0.438. The lowest BCUT2D eigenvalue weighted by Gasteiger charge is -2.20. The van der Waals surface area contributed by atoms with Crippen LogP contribution in [0.5, 0.6) is 0 Å². The van der Waals surface area contributed by atoms with Crippen molar-refractivity contribution in [3.05, 3.63) is 40.9 Å². The number of nitrogens with zero attached hydrogens (tertiary/aromatic N) is 2. The van der Waals surface area contributed by atoms with Gasteiger partial charge in [0.2, 0.25) is 0 Å². The highest BCUT2D eigenvalue weighted by molar-refractivity contribution is 7.13. The highest BCUT2D eigenvalue weighted by Crippen LogP contribution is 2.28. The molecule has 4 heteroatoms. The topological polar surface area (TPSA) is 28.2 Å². The van der Waals surface area contributed by atoms with E-state index in [-0.39, 0.29) is 0 Å². The average Bonchev–Trinajstić information content (AvgIpc) is 2.88. The third kappa shape index (κ3) is 3.81. The van der Waals surface area contributed by atoms with E-state index in [0.29, 0.717) is 6.04 Å². The van der Waals surface area contributed by atoms with Crippen molar-refractivity contribution in [3.63, 3.8) is 0 Å². The van der Waals surface area contributed by atoms with E-state index in [1.54, 1.807) is 11.3 Å². The Hall–Kier alpha value is -1.39. The van der Waals surface area contributed by atoms with Crippen LogP contribution in [0.25, 0.3) is 0 Å². The summed E-state index contributed by atoms with van der Waals surface area (Å²) in [4.78, 5) is 6.99. The van der Waals surface area contributed by atoms with E-state index < -0.39 is 0 Å². The molecule has 0 atom stereocenters. The molecule has 0 radical (unpaired) electrons. The first kappa shape index (κ1) is 15.0. The summed E-state index contributed by atoms with van der Waals surface area (Å²) in [5.41, 5.74) is 3.60. The van der Waals surface area contributed by atoms with Crippen molar-refractivity contribution in [1.29, 1.82) is 0 Å². The van der Waals surface area contributed by atoms with Gasteiger partial charge in [-0.05, 0) is 26.0 Å². The lowest BCUT2D eigenvalue weighted by molar-refractivity contribution is 0.583. The van der Waals surface area contributed by atoms with Crippen LogP contribution in [0.15, 0.2) is 29.6 Å². The quantitative estimate of drug-likeness (QED) is 0.867. The van der Waals surface area contributed by atoms with E-state index in [9.17, 15) is 0 Å². The van der Waals surface area contributed by atoms with Crippen molar-refractivity contribution in [3.8, 4) is 0 Å². The number of hydrogen-bond donors (Lipinski definition) is 1. The third-order valence-corrected chi connectivity index (χ3v) is 4.04. The second kappa shape index (κ2) is 6.86. The summed E-state index contributed by atoms with van der Waals surface area (Å²) in [6.07, 6.45) is 0. The van der Waals surface area contributed by atoms with Crippen LogP contribution in [-0.4, -0.2) is 17.6 Å². The molecule has 0 aliphatic carbocycles. The summed E-state index contributed by atoms with van der Waals surface area (Å²) in [7, 11) is 0. The number of anilines is 2. The lowest BCUT2D eigenvalue weighted by atomic mass is 10.2. The Balaban J connectivity index is 2.13. The van der Waals surface area contributed by atoms with Crippen LogP contribution in [0, 0.1) is 6.92 Å². The zero-order chi connectivity index (χ0) is 14.5. The number of thiazole rings is 1. The fourth-order valence-electron chi connectivity index (χ4n) is 1.96. The monoisotopic (exact) mass is 289 g/mol. The molecule has 1 aromatic heterocycles. The molecule has 0 spiro atoms. The van der Waals surface area contributed by atoms with Crippen LogP contribution < -0.4 is 10.2 Å². The molecule has 2 rings (SSSR count). The average molecular weight is 289 g/mol. The van der Waals surface area contributed by atoms with Crippen molar-refractivity contribution in [2.45, 2.75) is 40.3 Å². The van der Waals surface area contributed by atoms with E-state index in [1.807, 2.05) is 0 Å². The van der Waals surface area contributed by atoms with Gasteiger partial charge in [0.25, 0.3) is 0 Å². The fourth-order valence-corrected chi connectivity index (χ4v) is 2.87. The molecule has 0 saturated carbocycles. The van der Waals surface area contributed by atoms with E-state index >= 15 is 0 Å². The summed E-state index contributed by atoms with van der Waals surface area (Å²) < 4.78 is 0. The molecule has 0 saturated heterocycles. The Kier molecular flexibility index (Phi) is 5.15. The van der Waals surface area contributed by atoms with Crippen molar-refractivity contribution in [1.82, 2.24) is 10.3 Å². The molecule has 0 unspecified atom stereocenters. The molecule has 1 heterocycles. The van der Waals surface area contributed by atoms with Gasteiger partial charge < -0.3 is 10.2 Å². The second-order valence-corrected chi connectivity index (χ2v) is 6.07. The number of aromatic nitrogens is 1. The molecule has 0 aliphatic rings. The SMILES string of the molecule is CCN(c1ccc(C)cc1)c1nc(CNC(C)C)cs1. The molecule has 0 amide bonds. The van der Waals surface area contributed by atoms with Gasteiger partial charge in [-0.3, -0.25) is 0 Å². The molecule has 0 aliphatic heterocycles. The predicted molar refractivity (Wildman–Crippen MR) is 87.9 cm³/mol. The standard InChI is InChI=1S/C16H23N3S/c1-5-19(15-8-6-13(4)7-9-15)16-18-14(11-20-16)10-17-12(2)3/h6-9,11-12,17H,5,10H2,1-4H3. The number of hydrogen-bond acceptors (Lipinski definition) is 4. The smallest absolute Gasteiger partial charge is 0.190 e. The molecule has 20 heavy (non-hydrogen) atoms. The third-order valence-electron chi connectivity index (χ3n) is 3.12. The van der Waals surface area contributed by atoms with Crippen LogP contribution in [-0.2, 0) is 6.54 Å². The van der Waals surface area contributed by atoms with Gasteiger partial charge in [0.15, 0.2) is 5.13 Å². The van der Waals surface area contributed by atoms with Crippen LogP contribution in [0.2, 0.25) is 0 Å². The van der Waals surface area contributed by atoms with Gasteiger partial charge in [0, 0.05) is 30.2 Å². The normalized spacial score (nSPS) is 11.1. The first-order valence-corrected chi connectivity index (χ1v) is 8.00. The summed E-state index contributed by atoms with van der Waals surface area (Å²) in [6.45, 7) is 10.3. The van der Waals surface area contributed by atoms with Crippen LogP contribution >= 0.6 is 11.3 Å². The maximum absolute atomic E-state index is 4.73. The molecule has 2 aromatic rings. The molecular weight excluding hydrogens is 266 g/mol. The highest BCUT2D eigenvalue weighted by Gasteiger charge is 2.11. The summed E-state index contributed by atoms with van der Waals surface area (Å²) in [6, 6.07) is 9.10. The minimum Gasteiger partial charge on any atom is -0.318 e. The zero-order valence-corrected chi connectivity index (χ0v) is 13.5. The van der Waals surface area contributed by atoms with Crippen molar-refractivity contribution in [2.75, 3.05) is 11.4 Å². The van der Waals surface area contributed by atoms with E-state index in [1.165, 1.54) is 11.3 Å². The zero-order valence-electron chi connectivity index (χ0n) is 12.7. The molecule has 0 bridgehead atoms. The van der Waals surface area contributed by atoms with E-state index in [2.05, 4.69) is 67.6 Å². The number of aryl methyl sites for hydroxylation is 1. The van der Waals surface area contributed by atoms with E-state index in [4.69, 9.17) is 4.98 Å². The Labute approximate surface area is 125 Å². The van der Waals surface area contributed by atoms with Crippen molar-refractivity contribution in [2.24, 2.45) is 0 Å². The maximum Gasteiger partial charge on any atom is 0.190 e. The molecular formula is C16H23N3S. The highest BCUT2D eigenvalue weighted by atomic mass is 32.1. The van der Waals surface area contributed by atoms with Gasteiger partial charge in [-0.2, -0.15) is 0 Å². The Morgan fingerprint density at radius 1 is 1.25 bits per heavy atom. The van der Waals surface area contributed by atoms with Crippen LogP contribution in [0.4, 0.5) is 10.8 Å². The maximum atomic E-state index is 4.73. The Morgan fingerprint density at radius 2 is 1.95 bits per heavy atom. The first-order chi connectivity index (χ1) is 9.60. The summed E-state index contributed by atoms with van der Waals surface area (Å²) in [5.74, 6) is 0. The van der Waals surface area contributed by atoms with Gasteiger partial charge in [-0.1, -0.05) is 31.5 Å². The second-order valence-electron chi connectivity index (χ2n) is 5.24. The minimum atomic E-state index is 0.486. The van der Waals surface area contributed by atoms with Crippen LogP contribution in [0.1, 0.15) is 32.0 Å². The van der Waals surface area contributed by atoms with Crippen LogP contribution in [0.3, 0.4) is 0 Å². The van der Waals surface area contributed by atoms with Crippen molar-refractivity contribution < 1.29 is 0 Å². The molecule has 1 aromatic carbocycles. The molecule has 108 valence electrons. The van der Waals surface area contributed by atoms with Gasteiger partial charge in [-0.15, -0.1) is 11.3 Å². The first-order valence-electron chi connectivity index (χ1n) is 7.12. The minimum absolute atomic E-state index is 0.486. The van der Waals surface area contributed by atoms with Crippen molar-refractivity contribution >= 4 is 22.2 Å². The summed E-state index contributed by atoms with van der Waals surface area (Å²) >= 11 is 1.71. The predicted octanol–water partition coefficient (Wildman–Crippen LogP) is 4.11. The lowest BCUT2D eigenvalue weighted by Crippen LogP contribution is -2.22. The number of rotatable bonds is 6. The largest absolute Gasteiger partial charge is 0.318 e.